The van der Waals surface area contributed by atoms with Crippen LogP contribution in [0.1, 0.15) is 47.9 Å². The Bertz CT molecular complexity index is 821. The normalized spacial score (nSPS) is 19.8. The Morgan fingerprint density at radius 3 is 2.38 bits per heavy atom. The quantitative estimate of drug-likeness (QED) is 0.453. The molecule has 0 aromatic heterocycles. The van der Waals surface area contributed by atoms with Crippen molar-refractivity contribution in [3.63, 3.8) is 0 Å². The summed E-state index contributed by atoms with van der Waals surface area (Å²) < 4.78 is 0. The summed E-state index contributed by atoms with van der Waals surface area (Å²) in [4.78, 5) is 4.85. The van der Waals surface area contributed by atoms with Crippen LogP contribution in [-0.2, 0) is 6.42 Å². The van der Waals surface area contributed by atoms with Crippen LogP contribution in [0.2, 0.25) is 0 Å². The molecule has 156 valence electrons. The first kappa shape index (κ1) is 21.2. The van der Waals surface area contributed by atoms with E-state index >= 15 is 0 Å². The SMILES string of the molecule is Cc1cc(C)c(NC(=NCCc2ccc(O)cc2)N[C@H]2CCCC[C@@H]2N)c(C)c1. The van der Waals surface area contributed by atoms with E-state index in [9.17, 15) is 5.11 Å². The smallest absolute Gasteiger partial charge is 0.196 e. The van der Waals surface area contributed by atoms with E-state index in [-0.39, 0.29) is 17.8 Å². The lowest BCUT2D eigenvalue weighted by molar-refractivity contribution is 0.360. The van der Waals surface area contributed by atoms with Crippen molar-refractivity contribution in [2.75, 3.05) is 11.9 Å². The predicted octanol–water partition coefficient (Wildman–Crippen LogP) is 4.19. The fourth-order valence-electron chi connectivity index (χ4n) is 4.09. The molecule has 0 heterocycles. The number of nitrogens with two attached hydrogens (primary N) is 1. The van der Waals surface area contributed by atoms with Crippen molar-refractivity contribution >= 4 is 11.6 Å². The number of rotatable bonds is 5. The van der Waals surface area contributed by atoms with Crippen molar-refractivity contribution in [3.05, 3.63) is 58.7 Å². The Morgan fingerprint density at radius 1 is 1.07 bits per heavy atom. The molecule has 0 unspecified atom stereocenters. The third-order valence-corrected chi connectivity index (χ3v) is 5.67. The van der Waals surface area contributed by atoms with E-state index in [1.165, 1.54) is 29.5 Å². The maximum Gasteiger partial charge on any atom is 0.196 e. The second-order valence-electron chi connectivity index (χ2n) is 8.24. The highest BCUT2D eigenvalue weighted by Crippen LogP contribution is 2.22. The van der Waals surface area contributed by atoms with E-state index in [2.05, 4.69) is 43.5 Å². The minimum Gasteiger partial charge on any atom is -0.508 e. The van der Waals surface area contributed by atoms with Crippen LogP contribution >= 0.6 is 0 Å². The number of benzene rings is 2. The van der Waals surface area contributed by atoms with E-state index in [0.717, 1.165) is 36.5 Å². The summed E-state index contributed by atoms with van der Waals surface area (Å²) in [5.74, 6) is 1.08. The number of nitrogens with one attached hydrogen (secondary N) is 2. The van der Waals surface area contributed by atoms with E-state index in [1.807, 2.05) is 12.1 Å². The summed E-state index contributed by atoms with van der Waals surface area (Å²) in [6.45, 7) is 7.03. The highest BCUT2D eigenvalue weighted by atomic mass is 16.3. The average molecular weight is 395 g/mol. The zero-order chi connectivity index (χ0) is 20.8. The molecule has 0 radical (unpaired) electrons. The first-order chi connectivity index (χ1) is 13.9. The van der Waals surface area contributed by atoms with Gasteiger partial charge in [-0.25, -0.2) is 0 Å². The highest BCUT2D eigenvalue weighted by Gasteiger charge is 2.23. The molecule has 5 heteroatoms. The van der Waals surface area contributed by atoms with Crippen LogP contribution in [0.5, 0.6) is 5.75 Å². The zero-order valence-corrected chi connectivity index (χ0v) is 17.8. The maximum atomic E-state index is 9.45. The van der Waals surface area contributed by atoms with E-state index in [1.54, 1.807) is 12.1 Å². The second-order valence-corrected chi connectivity index (χ2v) is 8.24. The third-order valence-electron chi connectivity index (χ3n) is 5.67. The van der Waals surface area contributed by atoms with Crippen molar-refractivity contribution in [2.24, 2.45) is 10.7 Å². The molecule has 2 aromatic carbocycles. The molecule has 0 spiro atoms. The molecule has 1 saturated carbocycles. The second kappa shape index (κ2) is 9.79. The Morgan fingerprint density at radius 2 is 1.72 bits per heavy atom. The molecular formula is C24H34N4O. The molecular weight excluding hydrogens is 360 g/mol. The molecule has 1 aliphatic rings. The molecule has 0 bridgehead atoms. The lowest BCUT2D eigenvalue weighted by atomic mass is 9.91. The molecule has 1 fully saturated rings. The Kier molecular flexibility index (Phi) is 7.15. The summed E-state index contributed by atoms with van der Waals surface area (Å²) >= 11 is 0. The van der Waals surface area contributed by atoms with Crippen molar-refractivity contribution in [1.82, 2.24) is 5.32 Å². The number of hydrogen-bond acceptors (Lipinski definition) is 3. The highest BCUT2D eigenvalue weighted by molar-refractivity contribution is 5.95. The number of anilines is 1. The van der Waals surface area contributed by atoms with E-state index < -0.39 is 0 Å². The number of nitrogens with zero attached hydrogens (tertiary/aromatic N) is 1. The molecule has 5 N–H and O–H groups in total. The van der Waals surface area contributed by atoms with Gasteiger partial charge in [-0.15, -0.1) is 0 Å². The lowest BCUT2D eigenvalue weighted by Crippen LogP contribution is -2.51. The van der Waals surface area contributed by atoms with Gasteiger partial charge in [0, 0.05) is 24.3 Å². The first-order valence-electron chi connectivity index (χ1n) is 10.6. The summed E-state index contributed by atoms with van der Waals surface area (Å²) in [7, 11) is 0. The van der Waals surface area contributed by atoms with Crippen molar-refractivity contribution in [1.29, 1.82) is 0 Å². The summed E-state index contributed by atoms with van der Waals surface area (Å²) in [5.41, 5.74) is 12.3. The molecule has 1 aliphatic carbocycles. The number of aromatic hydroxyl groups is 1. The zero-order valence-electron chi connectivity index (χ0n) is 17.8. The van der Waals surface area contributed by atoms with Crippen LogP contribution in [0.3, 0.4) is 0 Å². The number of phenolic OH excluding ortho intramolecular Hbond substituents is 1. The largest absolute Gasteiger partial charge is 0.508 e. The average Bonchev–Trinajstić information content (AvgIpc) is 2.67. The molecule has 0 saturated heterocycles. The van der Waals surface area contributed by atoms with Gasteiger partial charge >= 0.3 is 0 Å². The van der Waals surface area contributed by atoms with Gasteiger partial charge in [0.25, 0.3) is 0 Å². The van der Waals surface area contributed by atoms with Crippen LogP contribution in [-0.4, -0.2) is 29.7 Å². The topological polar surface area (TPSA) is 82.7 Å². The van der Waals surface area contributed by atoms with E-state index in [0.29, 0.717) is 6.54 Å². The summed E-state index contributed by atoms with van der Waals surface area (Å²) in [5, 5.41) is 16.6. The van der Waals surface area contributed by atoms with Crippen LogP contribution in [0, 0.1) is 20.8 Å². The van der Waals surface area contributed by atoms with Crippen molar-refractivity contribution in [2.45, 2.75) is 65.0 Å². The van der Waals surface area contributed by atoms with Gasteiger partial charge in [-0.3, -0.25) is 4.99 Å². The van der Waals surface area contributed by atoms with Crippen molar-refractivity contribution < 1.29 is 5.11 Å². The van der Waals surface area contributed by atoms with Gasteiger partial charge in [-0.05, 0) is 68.9 Å². The Balaban J connectivity index is 1.76. The minimum absolute atomic E-state index is 0.160. The van der Waals surface area contributed by atoms with Gasteiger partial charge in [0.05, 0.1) is 0 Å². The van der Waals surface area contributed by atoms with Gasteiger partial charge in [0.2, 0.25) is 0 Å². The van der Waals surface area contributed by atoms with Crippen LogP contribution < -0.4 is 16.4 Å². The molecule has 0 amide bonds. The predicted molar refractivity (Wildman–Crippen MR) is 122 cm³/mol. The minimum atomic E-state index is 0.160. The van der Waals surface area contributed by atoms with Crippen LogP contribution in [0.15, 0.2) is 41.4 Å². The van der Waals surface area contributed by atoms with Gasteiger partial charge in [-0.1, -0.05) is 42.7 Å². The van der Waals surface area contributed by atoms with Crippen LogP contribution in [0.4, 0.5) is 5.69 Å². The molecule has 0 aliphatic heterocycles. The van der Waals surface area contributed by atoms with Gasteiger partial charge < -0.3 is 21.5 Å². The number of hydrogen-bond donors (Lipinski definition) is 4. The van der Waals surface area contributed by atoms with Gasteiger partial charge in [0.15, 0.2) is 5.96 Å². The first-order valence-corrected chi connectivity index (χ1v) is 10.6. The monoisotopic (exact) mass is 394 g/mol. The number of phenols is 1. The fraction of sp³-hybridized carbons (Fsp3) is 0.458. The maximum absolute atomic E-state index is 9.45. The number of aryl methyl sites for hydroxylation is 3. The lowest BCUT2D eigenvalue weighted by Gasteiger charge is -2.31. The van der Waals surface area contributed by atoms with Gasteiger partial charge in [0.1, 0.15) is 5.75 Å². The van der Waals surface area contributed by atoms with Gasteiger partial charge in [-0.2, -0.15) is 0 Å². The Labute approximate surface area is 174 Å². The fourth-order valence-corrected chi connectivity index (χ4v) is 4.09. The molecule has 3 rings (SSSR count). The molecule has 29 heavy (non-hydrogen) atoms. The molecule has 2 aromatic rings. The third kappa shape index (κ3) is 5.97. The molecule has 2 atom stereocenters. The van der Waals surface area contributed by atoms with E-state index in [4.69, 9.17) is 10.7 Å². The van der Waals surface area contributed by atoms with Crippen molar-refractivity contribution in [3.8, 4) is 5.75 Å². The van der Waals surface area contributed by atoms with Crippen LogP contribution in [0.25, 0.3) is 0 Å². The summed E-state index contributed by atoms with van der Waals surface area (Å²) in [6.07, 6.45) is 5.35. The number of aliphatic imine (C=N–C) groups is 1. The number of guanidine groups is 1. The summed E-state index contributed by atoms with van der Waals surface area (Å²) in [6, 6.07) is 12.1. The standard InChI is InChI=1S/C24H34N4O/c1-16-14-17(2)23(18(3)15-16)28-24(27-22-7-5-4-6-21(22)25)26-13-12-19-8-10-20(29)11-9-19/h8-11,14-15,21-22,29H,4-7,12-13,25H2,1-3H3,(H2,26,27,28)/t21-,22-/m0/s1. The Hall–Kier alpha value is -2.53. The molecule has 5 nitrogen and oxygen atoms in total.